The number of rotatable bonds is 4. The zero-order valence-corrected chi connectivity index (χ0v) is 11.6. The number of nitrogens with zero attached hydrogens (tertiary/aromatic N) is 3. The molecule has 2 rings (SSSR count). The number of nitrogen functional groups attached to an aromatic ring is 1. The van der Waals surface area contributed by atoms with E-state index in [0.29, 0.717) is 18.2 Å². The van der Waals surface area contributed by atoms with Crippen LogP contribution in [0.5, 0.6) is 5.88 Å². The molecule has 1 fully saturated rings. The Bertz CT molecular complexity index is 414. The van der Waals surface area contributed by atoms with E-state index in [2.05, 4.69) is 21.8 Å². The first-order chi connectivity index (χ1) is 9.22. The third-order valence-electron chi connectivity index (χ3n) is 3.02. The average molecular weight is 266 g/mol. The van der Waals surface area contributed by atoms with Gasteiger partial charge in [0.05, 0.1) is 12.7 Å². The molecule has 6 heteroatoms. The van der Waals surface area contributed by atoms with Gasteiger partial charge in [0.1, 0.15) is 12.0 Å². The molecule has 19 heavy (non-hydrogen) atoms. The van der Waals surface area contributed by atoms with Crippen molar-refractivity contribution in [2.24, 2.45) is 0 Å². The minimum absolute atomic E-state index is 0.178. The Balaban J connectivity index is 2.18. The molecule has 2 heterocycles. The van der Waals surface area contributed by atoms with Crippen molar-refractivity contribution in [1.29, 1.82) is 0 Å². The van der Waals surface area contributed by atoms with Crippen molar-refractivity contribution in [3.8, 4) is 5.88 Å². The predicted octanol–water partition coefficient (Wildman–Crippen LogP) is 1.46. The summed E-state index contributed by atoms with van der Waals surface area (Å²) in [5.74, 6) is 1.23. The van der Waals surface area contributed by atoms with Crippen molar-refractivity contribution in [3.63, 3.8) is 0 Å². The van der Waals surface area contributed by atoms with Crippen LogP contribution in [0.4, 0.5) is 11.5 Å². The van der Waals surface area contributed by atoms with Crippen molar-refractivity contribution >= 4 is 11.5 Å². The van der Waals surface area contributed by atoms with Gasteiger partial charge in [-0.2, -0.15) is 4.98 Å². The van der Waals surface area contributed by atoms with E-state index in [9.17, 15) is 0 Å². The van der Waals surface area contributed by atoms with Gasteiger partial charge in [-0.15, -0.1) is 0 Å². The van der Waals surface area contributed by atoms with Crippen molar-refractivity contribution < 1.29 is 9.47 Å². The SMILES string of the molecule is CCCOc1ncnc(N2CCCOC(C)C2)c1N. The maximum absolute atomic E-state index is 6.12. The Hall–Kier alpha value is -1.56. The van der Waals surface area contributed by atoms with Crippen LogP contribution >= 0.6 is 0 Å². The minimum Gasteiger partial charge on any atom is -0.476 e. The molecular weight excluding hydrogens is 244 g/mol. The number of nitrogens with two attached hydrogens (primary N) is 1. The summed E-state index contributed by atoms with van der Waals surface area (Å²) in [6, 6.07) is 0. The first-order valence-electron chi connectivity index (χ1n) is 6.82. The summed E-state index contributed by atoms with van der Waals surface area (Å²) in [5.41, 5.74) is 6.64. The predicted molar refractivity (Wildman–Crippen MR) is 74.5 cm³/mol. The smallest absolute Gasteiger partial charge is 0.242 e. The minimum atomic E-state index is 0.178. The van der Waals surface area contributed by atoms with Gasteiger partial charge in [0.15, 0.2) is 5.82 Å². The largest absolute Gasteiger partial charge is 0.476 e. The maximum atomic E-state index is 6.12. The zero-order valence-electron chi connectivity index (χ0n) is 11.6. The van der Waals surface area contributed by atoms with Crippen LogP contribution in [0.1, 0.15) is 26.7 Å². The third-order valence-corrected chi connectivity index (χ3v) is 3.02. The van der Waals surface area contributed by atoms with E-state index in [1.807, 2.05) is 6.92 Å². The normalized spacial score (nSPS) is 20.1. The summed E-state index contributed by atoms with van der Waals surface area (Å²) in [7, 11) is 0. The van der Waals surface area contributed by atoms with Gasteiger partial charge >= 0.3 is 0 Å². The summed E-state index contributed by atoms with van der Waals surface area (Å²) in [6.45, 7) is 7.17. The van der Waals surface area contributed by atoms with Crippen LogP contribution in [0.3, 0.4) is 0 Å². The van der Waals surface area contributed by atoms with Crippen LogP contribution in [-0.2, 0) is 4.74 Å². The number of hydrogen-bond donors (Lipinski definition) is 1. The van der Waals surface area contributed by atoms with Crippen LogP contribution in [-0.4, -0.2) is 42.4 Å². The second-order valence-electron chi connectivity index (χ2n) is 4.75. The molecule has 0 spiro atoms. The topological polar surface area (TPSA) is 73.5 Å². The summed E-state index contributed by atoms with van der Waals surface area (Å²) < 4.78 is 11.2. The van der Waals surface area contributed by atoms with E-state index < -0.39 is 0 Å². The molecular formula is C13H22N4O2. The lowest BCUT2D eigenvalue weighted by molar-refractivity contribution is 0.0820. The van der Waals surface area contributed by atoms with Gasteiger partial charge < -0.3 is 20.1 Å². The fourth-order valence-corrected chi connectivity index (χ4v) is 2.12. The molecule has 1 saturated heterocycles. The Kier molecular flexibility index (Phi) is 4.79. The molecule has 0 radical (unpaired) electrons. The molecule has 1 atom stereocenters. The molecule has 0 aromatic carbocycles. The van der Waals surface area contributed by atoms with Crippen LogP contribution in [0, 0.1) is 0 Å². The van der Waals surface area contributed by atoms with Gasteiger partial charge in [0.25, 0.3) is 0 Å². The average Bonchev–Trinajstić information content (AvgIpc) is 2.62. The summed E-state index contributed by atoms with van der Waals surface area (Å²) in [6.07, 6.45) is 3.58. The Labute approximate surface area is 113 Å². The Morgan fingerprint density at radius 1 is 1.53 bits per heavy atom. The zero-order chi connectivity index (χ0) is 13.7. The van der Waals surface area contributed by atoms with Gasteiger partial charge in [-0.25, -0.2) is 4.98 Å². The highest BCUT2D eigenvalue weighted by molar-refractivity contribution is 5.67. The Morgan fingerprint density at radius 3 is 3.16 bits per heavy atom. The second-order valence-corrected chi connectivity index (χ2v) is 4.75. The molecule has 1 aliphatic rings. The number of ether oxygens (including phenoxy) is 2. The van der Waals surface area contributed by atoms with E-state index in [1.54, 1.807) is 0 Å². The van der Waals surface area contributed by atoms with Gasteiger partial charge in [-0.3, -0.25) is 0 Å². The first kappa shape index (κ1) is 13.9. The second kappa shape index (κ2) is 6.56. The fourth-order valence-electron chi connectivity index (χ4n) is 2.12. The van der Waals surface area contributed by atoms with E-state index in [1.165, 1.54) is 6.33 Å². The summed E-state index contributed by atoms with van der Waals surface area (Å²) in [4.78, 5) is 10.5. The fraction of sp³-hybridized carbons (Fsp3) is 0.692. The molecule has 0 amide bonds. The van der Waals surface area contributed by atoms with Crippen LogP contribution in [0.25, 0.3) is 0 Å². The number of hydrogen-bond acceptors (Lipinski definition) is 6. The van der Waals surface area contributed by atoms with Crippen LogP contribution < -0.4 is 15.4 Å². The quantitative estimate of drug-likeness (QED) is 0.889. The maximum Gasteiger partial charge on any atom is 0.242 e. The highest BCUT2D eigenvalue weighted by Gasteiger charge is 2.20. The molecule has 1 aliphatic heterocycles. The number of anilines is 2. The lowest BCUT2D eigenvalue weighted by Gasteiger charge is -2.24. The molecule has 0 bridgehead atoms. The number of aromatic nitrogens is 2. The van der Waals surface area contributed by atoms with Crippen LogP contribution in [0.2, 0.25) is 0 Å². The molecule has 1 unspecified atom stereocenters. The lowest BCUT2D eigenvalue weighted by Crippen LogP contribution is -2.31. The monoisotopic (exact) mass is 266 g/mol. The van der Waals surface area contributed by atoms with Crippen molar-refractivity contribution in [3.05, 3.63) is 6.33 Å². The standard InChI is InChI=1S/C13H22N4O2/c1-3-6-19-13-11(14)12(15-9-16-13)17-5-4-7-18-10(2)8-17/h9-10H,3-8,14H2,1-2H3. The van der Waals surface area contributed by atoms with Gasteiger partial charge in [0, 0.05) is 19.7 Å². The van der Waals surface area contributed by atoms with Crippen molar-refractivity contribution in [2.75, 3.05) is 36.9 Å². The first-order valence-corrected chi connectivity index (χ1v) is 6.82. The molecule has 106 valence electrons. The van der Waals surface area contributed by atoms with Crippen molar-refractivity contribution in [1.82, 2.24) is 9.97 Å². The van der Waals surface area contributed by atoms with E-state index in [0.717, 1.165) is 38.4 Å². The van der Waals surface area contributed by atoms with E-state index >= 15 is 0 Å². The molecule has 1 aromatic rings. The van der Waals surface area contributed by atoms with Gasteiger partial charge in [0.2, 0.25) is 5.88 Å². The van der Waals surface area contributed by atoms with Gasteiger partial charge in [-0.1, -0.05) is 6.92 Å². The highest BCUT2D eigenvalue weighted by Crippen LogP contribution is 2.28. The third kappa shape index (κ3) is 3.47. The molecule has 6 nitrogen and oxygen atoms in total. The molecule has 0 saturated carbocycles. The van der Waals surface area contributed by atoms with E-state index in [-0.39, 0.29) is 6.10 Å². The van der Waals surface area contributed by atoms with Crippen molar-refractivity contribution in [2.45, 2.75) is 32.8 Å². The molecule has 1 aromatic heterocycles. The molecule has 2 N–H and O–H groups in total. The Morgan fingerprint density at radius 2 is 2.37 bits per heavy atom. The highest BCUT2D eigenvalue weighted by atomic mass is 16.5. The van der Waals surface area contributed by atoms with E-state index in [4.69, 9.17) is 15.2 Å². The van der Waals surface area contributed by atoms with Crippen LogP contribution in [0.15, 0.2) is 6.33 Å². The summed E-state index contributed by atoms with van der Waals surface area (Å²) in [5, 5.41) is 0. The lowest BCUT2D eigenvalue weighted by atomic mass is 10.3. The van der Waals surface area contributed by atoms with Gasteiger partial charge in [-0.05, 0) is 19.8 Å². The molecule has 0 aliphatic carbocycles. The summed E-state index contributed by atoms with van der Waals surface area (Å²) >= 11 is 0.